The molecule has 1 aliphatic rings. The number of amides is 1. The zero-order chi connectivity index (χ0) is 19.0. The Labute approximate surface area is 158 Å². The van der Waals surface area contributed by atoms with Crippen LogP contribution in [-0.4, -0.2) is 37.1 Å². The largest absolute Gasteiger partial charge is 0.335 e. The number of carbonyl (C=O) groups is 1. The molecular formula is C18H14ClF2N5O. The van der Waals surface area contributed by atoms with Gasteiger partial charge in [-0.2, -0.15) is 5.10 Å². The Kier molecular flexibility index (Phi) is 4.57. The molecule has 3 heterocycles. The highest BCUT2D eigenvalue weighted by molar-refractivity contribution is 6.30. The molecule has 0 N–H and O–H groups in total. The summed E-state index contributed by atoms with van der Waals surface area (Å²) in [6.07, 6.45) is 3.93. The van der Waals surface area contributed by atoms with E-state index in [0.717, 1.165) is 18.1 Å². The first-order valence-electron chi connectivity index (χ1n) is 8.25. The van der Waals surface area contributed by atoms with E-state index in [1.54, 1.807) is 21.8 Å². The molecular weight excluding hydrogens is 376 g/mol. The van der Waals surface area contributed by atoms with Crippen LogP contribution in [0.25, 0.3) is 11.4 Å². The number of nitrogens with zero attached hydrogens (tertiary/aromatic N) is 5. The second-order valence-corrected chi connectivity index (χ2v) is 6.60. The Balaban J connectivity index is 1.53. The normalized spacial score (nSPS) is 13.5. The summed E-state index contributed by atoms with van der Waals surface area (Å²) >= 11 is 5.78. The summed E-state index contributed by atoms with van der Waals surface area (Å²) in [6.45, 7) is 1.38. The molecule has 1 amide bonds. The summed E-state index contributed by atoms with van der Waals surface area (Å²) in [5, 5.41) is 4.29. The first kappa shape index (κ1) is 17.5. The molecule has 0 unspecified atom stereocenters. The summed E-state index contributed by atoms with van der Waals surface area (Å²) in [4.78, 5) is 22.3. The predicted octanol–water partition coefficient (Wildman–Crippen LogP) is 2.86. The Hall–Kier alpha value is -2.87. The van der Waals surface area contributed by atoms with Crippen molar-refractivity contribution in [2.45, 2.75) is 19.5 Å². The summed E-state index contributed by atoms with van der Waals surface area (Å²) in [7, 11) is 0. The number of benzene rings is 1. The lowest BCUT2D eigenvalue weighted by Gasteiger charge is -2.28. The van der Waals surface area contributed by atoms with E-state index in [1.807, 2.05) is 0 Å². The Bertz CT molecular complexity index is 1010. The van der Waals surface area contributed by atoms with Crippen LogP contribution in [0, 0.1) is 11.6 Å². The minimum atomic E-state index is -0.519. The van der Waals surface area contributed by atoms with Crippen molar-refractivity contribution in [2.75, 3.05) is 6.54 Å². The van der Waals surface area contributed by atoms with E-state index < -0.39 is 11.6 Å². The maximum absolute atomic E-state index is 13.3. The van der Waals surface area contributed by atoms with E-state index in [0.29, 0.717) is 36.6 Å². The summed E-state index contributed by atoms with van der Waals surface area (Å²) < 4.78 is 28.1. The third-order valence-corrected chi connectivity index (χ3v) is 4.71. The molecule has 0 saturated heterocycles. The third kappa shape index (κ3) is 3.52. The molecule has 2 aromatic heterocycles. The average molecular weight is 390 g/mol. The number of carbonyl (C=O) groups excluding carboxylic acids is 1. The van der Waals surface area contributed by atoms with E-state index in [2.05, 4.69) is 15.1 Å². The molecule has 138 valence electrons. The second kappa shape index (κ2) is 7.03. The molecule has 27 heavy (non-hydrogen) atoms. The molecule has 9 heteroatoms. The van der Waals surface area contributed by atoms with Gasteiger partial charge in [0.15, 0.2) is 11.6 Å². The maximum atomic E-state index is 13.3. The molecule has 1 aliphatic heterocycles. The van der Waals surface area contributed by atoms with Crippen LogP contribution in [0.1, 0.15) is 11.3 Å². The van der Waals surface area contributed by atoms with Gasteiger partial charge in [0.05, 0.1) is 54.4 Å². The molecule has 3 aromatic rings. The smallest absolute Gasteiger partial charge is 0.227 e. The molecule has 0 bridgehead atoms. The van der Waals surface area contributed by atoms with Crippen molar-refractivity contribution in [3.8, 4) is 11.4 Å². The van der Waals surface area contributed by atoms with Crippen molar-refractivity contribution >= 4 is 17.5 Å². The molecule has 0 spiro atoms. The Morgan fingerprint density at radius 1 is 1.15 bits per heavy atom. The van der Waals surface area contributed by atoms with E-state index in [9.17, 15) is 13.6 Å². The lowest BCUT2D eigenvalue weighted by Crippen LogP contribution is -2.39. The van der Waals surface area contributed by atoms with Gasteiger partial charge in [-0.15, -0.1) is 0 Å². The fraction of sp³-hybridized carbons (Fsp3) is 0.222. The molecule has 6 nitrogen and oxygen atoms in total. The zero-order valence-corrected chi connectivity index (χ0v) is 14.8. The zero-order valence-electron chi connectivity index (χ0n) is 14.1. The molecule has 0 atom stereocenters. The van der Waals surface area contributed by atoms with Crippen LogP contribution in [0.3, 0.4) is 0 Å². The standard InChI is InChI=1S/C18H14ClF2N5O/c19-14-5-11(1-2-15(14)21)6-17(27)25-3-4-26-16(10-25)13(9-24-26)18-22-7-12(20)8-23-18/h1-2,5,7-9H,3-4,6,10H2. The van der Waals surface area contributed by atoms with E-state index in [-0.39, 0.29) is 17.4 Å². The van der Waals surface area contributed by atoms with Gasteiger partial charge in [0.25, 0.3) is 0 Å². The Morgan fingerprint density at radius 2 is 1.93 bits per heavy atom. The molecule has 0 aliphatic carbocycles. The number of hydrogen-bond donors (Lipinski definition) is 0. The van der Waals surface area contributed by atoms with Gasteiger partial charge in [-0.3, -0.25) is 9.48 Å². The predicted molar refractivity (Wildman–Crippen MR) is 93.7 cm³/mol. The highest BCUT2D eigenvalue weighted by Gasteiger charge is 2.25. The molecule has 0 fully saturated rings. The quantitative estimate of drug-likeness (QED) is 0.691. The van der Waals surface area contributed by atoms with Crippen LogP contribution in [0.5, 0.6) is 0 Å². The number of aromatic nitrogens is 4. The number of hydrogen-bond acceptors (Lipinski definition) is 4. The van der Waals surface area contributed by atoms with Gasteiger partial charge in [-0.25, -0.2) is 18.7 Å². The molecule has 0 radical (unpaired) electrons. The van der Waals surface area contributed by atoms with Crippen molar-refractivity contribution in [2.24, 2.45) is 0 Å². The van der Waals surface area contributed by atoms with Crippen LogP contribution >= 0.6 is 11.6 Å². The van der Waals surface area contributed by atoms with Crippen molar-refractivity contribution < 1.29 is 13.6 Å². The fourth-order valence-corrected chi connectivity index (χ4v) is 3.24. The van der Waals surface area contributed by atoms with Gasteiger partial charge >= 0.3 is 0 Å². The fourth-order valence-electron chi connectivity index (χ4n) is 3.03. The number of halogens is 3. The van der Waals surface area contributed by atoms with E-state index in [4.69, 9.17) is 11.6 Å². The van der Waals surface area contributed by atoms with Crippen molar-refractivity contribution in [1.82, 2.24) is 24.6 Å². The Morgan fingerprint density at radius 3 is 2.67 bits per heavy atom. The van der Waals surface area contributed by atoms with Gasteiger partial charge in [-0.05, 0) is 17.7 Å². The van der Waals surface area contributed by atoms with Crippen LogP contribution < -0.4 is 0 Å². The first-order valence-corrected chi connectivity index (χ1v) is 8.63. The number of rotatable bonds is 3. The van der Waals surface area contributed by atoms with Crippen molar-refractivity contribution in [1.29, 1.82) is 0 Å². The first-order chi connectivity index (χ1) is 13.0. The third-order valence-electron chi connectivity index (χ3n) is 4.42. The minimum Gasteiger partial charge on any atom is -0.335 e. The number of fused-ring (bicyclic) bond motifs is 1. The van der Waals surface area contributed by atoms with Crippen LogP contribution in [0.2, 0.25) is 5.02 Å². The summed E-state index contributed by atoms with van der Waals surface area (Å²) in [5.74, 6) is -0.776. The molecule has 4 rings (SSSR count). The van der Waals surface area contributed by atoms with Crippen LogP contribution in [-0.2, 0) is 24.3 Å². The molecule has 0 saturated carbocycles. The topological polar surface area (TPSA) is 63.9 Å². The van der Waals surface area contributed by atoms with Gasteiger partial charge in [0.1, 0.15) is 5.82 Å². The van der Waals surface area contributed by atoms with Crippen LogP contribution in [0.4, 0.5) is 8.78 Å². The van der Waals surface area contributed by atoms with E-state index in [1.165, 1.54) is 12.1 Å². The van der Waals surface area contributed by atoms with Gasteiger partial charge < -0.3 is 4.90 Å². The van der Waals surface area contributed by atoms with Gasteiger partial charge in [0, 0.05) is 6.54 Å². The summed E-state index contributed by atoms with van der Waals surface area (Å²) in [6, 6.07) is 4.26. The van der Waals surface area contributed by atoms with E-state index >= 15 is 0 Å². The van der Waals surface area contributed by atoms with Gasteiger partial charge in [-0.1, -0.05) is 17.7 Å². The molecule has 1 aromatic carbocycles. The van der Waals surface area contributed by atoms with Crippen molar-refractivity contribution in [3.05, 3.63) is 64.7 Å². The second-order valence-electron chi connectivity index (χ2n) is 6.19. The summed E-state index contributed by atoms with van der Waals surface area (Å²) in [5.41, 5.74) is 2.10. The van der Waals surface area contributed by atoms with Crippen LogP contribution in [0.15, 0.2) is 36.8 Å². The highest BCUT2D eigenvalue weighted by Crippen LogP contribution is 2.25. The maximum Gasteiger partial charge on any atom is 0.227 e. The monoisotopic (exact) mass is 389 g/mol. The minimum absolute atomic E-state index is 0.00670. The lowest BCUT2D eigenvalue weighted by molar-refractivity contribution is -0.131. The van der Waals surface area contributed by atoms with Crippen molar-refractivity contribution in [3.63, 3.8) is 0 Å². The lowest BCUT2D eigenvalue weighted by atomic mass is 10.1. The highest BCUT2D eigenvalue weighted by atomic mass is 35.5. The SMILES string of the molecule is O=C(Cc1ccc(F)c(Cl)c1)N1CCn2ncc(-c3ncc(F)cn3)c2C1. The van der Waals surface area contributed by atoms with Gasteiger partial charge in [0.2, 0.25) is 5.91 Å². The average Bonchev–Trinajstić information content (AvgIpc) is 3.08.